The number of rotatable bonds is 3. The van der Waals surface area contributed by atoms with Gasteiger partial charge in [0.1, 0.15) is 0 Å². The molecule has 1 aromatic rings. The Morgan fingerprint density at radius 2 is 1.46 bits per heavy atom. The number of benzene rings is 1. The molecule has 0 radical (unpaired) electrons. The molecule has 0 fully saturated rings. The lowest BCUT2D eigenvalue weighted by Gasteiger charge is -2.11. The summed E-state index contributed by atoms with van der Waals surface area (Å²) in [6, 6.07) is 5.54. The highest BCUT2D eigenvalue weighted by molar-refractivity contribution is 6.40. The molecule has 0 amide bonds. The Morgan fingerprint density at radius 1 is 0.833 bits per heavy atom. The summed E-state index contributed by atoms with van der Waals surface area (Å²) in [4.78, 5) is 37.4. The van der Waals surface area contributed by atoms with E-state index in [1.165, 1.54) is 0 Å². The van der Waals surface area contributed by atoms with Gasteiger partial charge in [0.2, 0.25) is 0 Å². The topological polar surface area (TPSA) is 51.2 Å². The maximum absolute atomic E-state index is 12.8. The first-order valence-corrected chi connectivity index (χ1v) is 8.32. The van der Waals surface area contributed by atoms with Crippen LogP contribution in [0.1, 0.15) is 59.9 Å². The fraction of sp³-hybridized carbons (Fsp3) is 0.286. The van der Waals surface area contributed by atoms with Crippen LogP contribution in [0.4, 0.5) is 0 Å². The lowest BCUT2D eigenvalue weighted by atomic mass is 9.91. The molecule has 3 rings (SSSR count). The highest BCUT2D eigenvalue weighted by atomic mass is 16.2. The molecular formula is C21H20O3. The maximum atomic E-state index is 12.8. The van der Waals surface area contributed by atoms with Crippen molar-refractivity contribution in [2.24, 2.45) is 0 Å². The van der Waals surface area contributed by atoms with Crippen LogP contribution in [0, 0.1) is 0 Å². The van der Waals surface area contributed by atoms with E-state index in [-0.39, 0.29) is 22.9 Å². The SMILES string of the molecule is CCCCc1ccc2c(c1)C(=O)C(=C1C=C(C)C(=O)C(C)=C1)C2=O. The molecule has 122 valence electrons. The van der Waals surface area contributed by atoms with E-state index in [0.29, 0.717) is 27.8 Å². The molecule has 3 nitrogen and oxygen atoms in total. The summed E-state index contributed by atoms with van der Waals surface area (Å²) >= 11 is 0. The Bertz CT molecular complexity index is 839. The van der Waals surface area contributed by atoms with Crippen molar-refractivity contribution in [3.63, 3.8) is 0 Å². The number of carbonyl (C=O) groups is 3. The van der Waals surface area contributed by atoms with E-state index >= 15 is 0 Å². The van der Waals surface area contributed by atoms with Gasteiger partial charge in [-0.05, 0) is 67.2 Å². The smallest absolute Gasteiger partial charge is 0.198 e. The van der Waals surface area contributed by atoms with Crippen molar-refractivity contribution in [2.75, 3.05) is 0 Å². The monoisotopic (exact) mass is 320 g/mol. The summed E-state index contributed by atoms with van der Waals surface area (Å²) in [5.41, 5.74) is 3.88. The molecule has 0 bridgehead atoms. The second-order valence-corrected chi connectivity index (χ2v) is 6.46. The quantitative estimate of drug-likeness (QED) is 0.620. The van der Waals surface area contributed by atoms with Gasteiger partial charge in [0.05, 0.1) is 5.57 Å². The number of fused-ring (bicyclic) bond motifs is 1. The van der Waals surface area contributed by atoms with Gasteiger partial charge in [0, 0.05) is 11.1 Å². The van der Waals surface area contributed by atoms with E-state index in [1.54, 1.807) is 32.1 Å². The zero-order valence-corrected chi connectivity index (χ0v) is 14.2. The van der Waals surface area contributed by atoms with Gasteiger partial charge < -0.3 is 0 Å². The number of carbonyl (C=O) groups excluding carboxylic acids is 3. The number of unbranched alkanes of at least 4 members (excludes halogenated alkanes) is 1. The summed E-state index contributed by atoms with van der Waals surface area (Å²) in [5.74, 6) is -0.517. The minimum absolute atomic E-state index is 0.0448. The summed E-state index contributed by atoms with van der Waals surface area (Å²) in [7, 11) is 0. The predicted molar refractivity (Wildman–Crippen MR) is 93.3 cm³/mol. The second-order valence-electron chi connectivity index (χ2n) is 6.46. The molecular weight excluding hydrogens is 300 g/mol. The number of ketones is 3. The van der Waals surface area contributed by atoms with E-state index in [9.17, 15) is 14.4 Å². The van der Waals surface area contributed by atoms with Crippen molar-refractivity contribution in [3.8, 4) is 0 Å². The van der Waals surface area contributed by atoms with Crippen LogP contribution in [0.15, 0.2) is 52.6 Å². The highest BCUT2D eigenvalue weighted by Crippen LogP contribution is 2.32. The third-order valence-electron chi connectivity index (χ3n) is 4.60. The van der Waals surface area contributed by atoms with Gasteiger partial charge >= 0.3 is 0 Å². The minimum Gasteiger partial charge on any atom is -0.289 e. The van der Waals surface area contributed by atoms with E-state index in [4.69, 9.17) is 0 Å². The summed E-state index contributed by atoms with van der Waals surface area (Å²) in [5, 5.41) is 0. The predicted octanol–water partition coefficient (Wildman–Crippen LogP) is 4.18. The zero-order chi connectivity index (χ0) is 17.4. The Hall–Kier alpha value is -2.55. The Labute approximate surface area is 141 Å². The molecule has 3 heteroatoms. The van der Waals surface area contributed by atoms with Crippen LogP contribution in [-0.4, -0.2) is 17.3 Å². The third kappa shape index (κ3) is 2.60. The third-order valence-corrected chi connectivity index (χ3v) is 4.60. The van der Waals surface area contributed by atoms with E-state index in [2.05, 4.69) is 6.92 Å². The van der Waals surface area contributed by atoms with E-state index < -0.39 is 0 Å². The summed E-state index contributed by atoms with van der Waals surface area (Å²) in [6.45, 7) is 5.54. The van der Waals surface area contributed by atoms with Crippen molar-refractivity contribution in [1.82, 2.24) is 0 Å². The molecule has 24 heavy (non-hydrogen) atoms. The van der Waals surface area contributed by atoms with Gasteiger partial charge in [-0.1, -0.05) is 25.5 Å². The molecule has 1 aromatic carbocycles. The number of allylic oxidation sites excluding steroid dienone is 6. The highest BCUT2D eigenvalue weighted by Gasteiger charge is 2.35. The number of Topliss-reactive ketones (excluding diaryl/α,β-unsaturated/α-hetero) is 3. The van der Waals surface area contributed by atoms with Crippen LogP contribution in [0.25, 0.3) is 0 Å². The lowest BCUT2D eigenvalue weighted by Crippen LogP contribution is -2.11. The van der Waals surface area contributed by atoms with Gasteiger partial charge in [-0.25, -0.2) is 0 Å². The van der Waals surface area contributed by atoms with Crippen molar-refractivity contribution in [2.45, 2.75) is 40.0 Å². The molecule has 0 saturated carbocycles. The van der Waals surface area contributed by atoms with E-state index in [1.807, 2.05) is 12.1 Å². The maximum Gasteiger partial charge on any atom is 0.198 e. The minimum atomic E-state index is -0.241. The van der Waals surface area contributed by atoms with E-state index in [0.717, 1.165) is 24.8 Å². The zero-order valence-electron chi connectivity index (χ0n) is 14.2. The average Bonchev–Trinajstić information content (AvgIpc) is 2.81. The standard InChI is InChI=1S/C21H20O3/c1-4-5-6-14-7-8-16-17(11-14)21(24)18(20(16)23)15-9-12(2)19(22)13(3)10-15/h7-11H,4-6H2,1-3H3. The van der Waals surface area contributed by atoms with Gasteiger partial charge in [-0.2, -0.15) is 0 Å². The molecule has 0 unspecified atom stereocenters. The van der Waals surface area contributed by atoms with Crippen molar-refractivity contribution in [3.05, 3.63) is 69.3 Å². The second kappa shape index (κ2) is 6.16. The first kappa shape index (κ1) is 16.3. The molecule has 0 aliphatic heterocycles. The normalized spacial score (nSPS) is 17.2. The molecule has 0 spiro atoms. The Balaban J connectivity index is 2.08. The first-order valence-electron chi connectivity index (χ1n) is 8.32. The Morgan fingerprint density at radius 3 is 2.08 bits per heavy atom. The lowest BCUT2D eigenvalue weighted by molar-refractivity contribution is -0.112. The number of hydrogen-bond acceptors (Lipinski definition) is 3. The van der Waals surface area contributed by atoms with Crippen LogP contribution in [0.2, 0.25) is 0 Å². The van der Waals surface area contributed by atoms with Crippen LogP contribution < -0.4 is 0 Å². The van der Waals surface area contributed by atoms with Gasteiger partial charge in [0.15, 0.2) is 17.3 Å². The fourth-order valence-corrected chi connectivity index (χ4v) is 3.24. The van der Waals surface area contributed by atoms with Crippen molar-refractivity contribution >= 4 is 17.3 Å². The summed E-state index contributed by atoms with van der Waals surface area (Å²) in [6.07, 6.45) is 6.33. The molecule has 0 heterocycles. The van der Waals surface area contributed by atoms with Crippen molar-refractivity contribution < 1.29 is 14.4 Å². The van der Waals surface area contributed by atoms with Gasteiger partial charge in [-0.3, -0.25) is 14.4 Å². The molecule has 2 aliphatic carbocycles. The average molecular weight is 320 g/mol. The molecule has 0 N–H and O–H groups in total. The first-order chi connectivity index (χ1) is 11.4. The summed E-state index contributed by atoms with van der Waals surface area (Å²) < 4.78 is 0. The molecule has 0 saturated heterocycles. The largest absolute Gasteiger partial charge is 0.289 e. The van der Waals surface area contributed by atoms with Crippen LogP contribution in [0.3, 0.4) is 0 Å². The number of aryl methyl sites for hydroxylation is 1. The van der Waals surface area contributed by atoms with Crippen LogP contribution in [0.5, 0.6) is 0 Å². The van der Waals surface area contributed by atoms with Crippen LogP contribution in [-0.2, 0) is 11.2 Å². The fourth-order valence-electron chi connectivity index (χ4n) is 3.24. The molecule has 2 aliphatic rings. The molecule has 0 atom stereocenters. The molecule has 0 aromatic heterocycles. The van der Waals surface area contributed by atoms with Gasteiger partial charge in [-0.15, -0.1) is 0 Å². The number of hydrogen-bond donors (Lipinski definition) is 0. The van der Waals surface area contributed by atoms with Crippen molar-refractivity contribution in [1.29, 1.82) is 0 Å². The van der Waals surface area contributed by atoms with Crippen LogP contribution >= 0.6 is 0 Å². The van der Waals surface area contributed by atoms with Gasteiger partial charge in [0.25, 0.3) is 0 Å². The Kier molecular flexibility index (Phi) is 4.18.